The fraction of sp³-hybridized carbons (Fsp3) is 0.533. The number of rotatable bonds is 5. The van der Waals surface area contributed by atoms with Gasteiger partial charge in [-0.2, -0.15) is 0 Å². The van der Waals surface area contributed by atoms with Crippen LogP contribution in [0.1, 0.15) is 52.0 Å². The maximum Gasteiger partial charge on any atom is 2.00 e. The number of carbonyl (C=O) groups is 1. The van der Waals surface area contributed by atoms with E-state index in [4.69, 9.17) is 5.11 Å². The third kappa shape index (κ3) is 5.73. The molecule has 0 aliphatic heterocycles. The van der Waals surface area contributed by atoms with Gasteiger partial charge in [-0.1, -0.05) is 39.8 Å². The van der Waals surface area contributed by atoms with E-state index in [1.807, 2.05) is 6.07 Å². The first kappa shape index (κ1) is 17.9. The van der Waals surface area contributed by atoms with Gasteiger partial charge in [-0.15, -0.1) is 0 Å². The molecule has 0 atom stereocenters. The second-order valence-electron chi connectivity index (χ2n) is 5.49. The van der Waals surface area contributed by atoms with Crippen molar-refractivity contribution in [3.8, 4) is 0 Å². The van der Waals surface area contributed by atoms with Crippen molar-refractivity contribution in [2.24, 2.45) is 11.8 Å². The van der Waals surface area contributed by atoms with Gasteiger partial charge in [0, 0.05) is 0 Å². The van der Waals surface area contributed by atoms with Crippen molar-refractivity contribution in [2.75, 3.05) is 0 Å². The van der Waals surface area contributed by atoms with Crippen LogP contribution in [0.2, 0.25) is 0 Å². The Morgan fingerprint density at radius 3 is 2.17 bits per heavy atom. The first-order chi connectivity index (χ1) is 7.90. The zero-order valence-corrected chi connectivity index (χ0v) is 14.1. The summed E-state index contributed by atoms with van der Waals surface area (Å²) >= 11 is 0. The average molecular weight is 276 g/mol. The smallest absolute Gasteiger partial charge is 1.00 e. The largest absolute Gasteiger partial charge is 2.00 e. The molecule has 0 aliphatic rings. The predicted octanol–water partition coefficient (Wildman–Crippen LogP) is 3.63. The Morgan fingerprint density at radius 2 is 1.72 bits per heavy atom. The van der Waals surface area contributed by atoms with Crippen molar-refractivity contribution in [3.63, 3.8) is 0 Å². The predicted molar refractivity (Wildman–Crippen MR) is 78.5 cm³/mol. The second-order valence-corrected chi connectivity index (χ2v) is 5.49. The van der Waals surface area contributed by atoms with Crippen LogP contribution < -0.4 is 0 Å². The van der Waals surface area contributed by atoms with E-state index in [0.29, 0.717) is 17.4 Å². The molecule has 98 valence electrons. The normalized spacial score (nSPS) is 10.6. The molecule has 0 fully saturated rings. The van der Waals surface area contributed by atoms with Crippen LogP contribution in [0.15, 0.2) is 18.2 Å². The van der Waals surface area contributed by atoms with Gasteiger partial charge >= 0.3 is 43.7 Å². The second kappa shape index (κ2) is 8.19. The van der Waals surface area contributed by atoms with E-state index in [1.165, 1.54) is 5.56 Å². The van der Waals surface area contributed by atoms with Crippen LogP contribution in [0.4, 0.5) is 0 Å². The van der Waals surface area contributed by atoms with Gasteiger partial charge in [0.15, 0.2) is 0 Å². The van der Waals surface area contributed by atoms with Crippen molar-refractivity contribution < 1.29 is 12.8 Å². The molecule has 0 amide bonds. The van der Waals surface area contributed by atoms with E-state index in [2.05, 4.69) is 33.8 Å². The minimum Gasteiger partial charge on any atom is -1.00 e. The minimum atomic E-state index is -0.822. The molecule has 1 rings (SSSR count). The minimum absolute atomic E-state index is 0. The Labute approximate surface area is 143 Å². The molecule has 0 radical (unpaired) electrons. The average Bonchev–Trinajstić information content (AvgIpc) is 2.15. The first-order valence-corrected chi connectivity index (χ1v) is 6.25. The van der Waals surface area contributed by atoms with Crippen LogP contribution in [0.25, 0.3) is 0 Å². The summed E-state index contributed by atoms with van der Waals surface area (Å²) in [5.41, 5.74) is 2.65. The standard InChI is InChI=1S/C15H22O2.Ca.2H/c1-10(2)7-12-5-6-14(15(16)17)13(9-12)8-11(3)4;;;/h5-6,9-11H,7-8H2,1-4H3,(H,16,17);;;/q;+2;2*-1. The van der Waals surface area contributed by atoms with Crippen molar-refractivity contribution >= 4 is 43.7 Å². The molecule has 0 heterocycles. The van der Waals surface area contributed by atoms with E-state index in [-0.39, 0.29) is 40.6 Å². The zero-order valence-electron chi connectivity index (χ0n) is 13.9. The summed E-state index contributed by atoms with van der Waals surface area (Å²) < 4.78 is 0. The molecular weight excluding hydrogens is 252 g/mol. The van der Waals surface area contributed by atoms with Crippen LogP contribution in [-0.4, -0.2) is 48.8 Å². The Balaban J connectivity index is -0.000000963. The zero-order chi connectivity index (χ0) is 13.0. The van der Waals surface area contributed by atoms with E-state index >= 15 is 0 Å². The van der Waals surface area contributed by atoms with Gasteiger partial charge in [0.05, 0.1) is 5.56 Å². The first-order valence-electron chi connectivity index (χ1n) is 6.25. The topological polar surface area (TPSA) is 37.3 Å². The fourth-order valence-electron chi connectivity index (χ4n) is 2.06. The van der Waals surface area contributed by atoms with Crippen LogP contribution in [-0.2, 0) is 12.8 Å². The van der Waals surface area contributed by atoms with Gasteiger partial charge in [-0.3, -0.25) is 0 Å². The van der Waals surface area contributed by atoms with Gasteiger partial charge in [0.25, 0.3) is 0 Å². The molecule has 2 nitrogen and oxygen atoms in total. The molecule has 0 bridgehead atoms. The van der Waals surface area contributed by atoms with Crippen LogP contribution in [0.3, 0.4) is 0 Å². The summed E-state index contributed by atoms with van der Waals surface area (Å²) in [5, 5.41) is 9.15. The molecule has 0 aromatic heterocycles. The van der Waals surface area contributed by atoms with Gasteiger partial charge in [0.1, 0.15) is 0 Å². The maximum absolute atomic E-state index is 11.1. The summed E-state index contributed by atoms with van der Waals surface area (Å²) in [4.78, 5) is 11.1. The third-order valence-electron chi connectivity index (χ3n) is 2.67. The summed E-state index contributed by atoms with van der Waals surface area (Å²) in [6.45, 7) is 8.57. The number of aromatic carboxylic acids is 1. The molecule has 1 aromatic rings. The van der Waals surface area contributed by atoms with Crippen molar-refractivity contribution in [1.29, 1.82) is 0 Å². The van der Waals surface area contributed by atoms with E-state index in [9.17, 15) is 4.79 Å². The number of hydrogen-bond acceptors (Lipinski definition) is 1. The Hall–Kier alpha value is -0.0503. The molecule has 0 unspecified atom stereocenters. The van der Waals surface area contributed by atoms with Crippen molar-refractivity contribution in [1.82, 2.24) is 0 Å². The molecule has 1 N–H and O–H groups in total. The molecule has 0 saturated carbocycles. The van der Waals surface area contributed by atoms with Gasteiger partial charge in [0.2, 0.25) is 0 Å². The Kier molecular flexibility index (Phi) is 8.16. The van der Waals surface area contributed by atoms with E-state index in [0.717, 1.165) is 18.4 Å². The van der Waals surface area contributed by atoms with Gasteiger partial charge in [-0.05, 0) is 41.9 Å². The monoisotopic (exact) mass is 276 g/mol. The fourth-order valence-corrected chi connectivity index (χ4v) is 2.06. The maximum atomic E-state index is 11.1. The molecule has 18 heavy (non-hydrogen) atoms. The van der Waals surface area contributed by atoms with E-state index in [1.54, 1.807) is 6.07 Å². The van der Waals surface area contributed by atoms with Gasteiger partial charge in [-0.25, -0.2) is 4.79 Å². The number of carboxylic acids is 1. The van der Waals surface area contributed by atoms with Crippen molar-refractivity contribution in [3.05, 3.63) is 34.9 Å². The van der Waals surface area contributed by atoms with Crippen molar-refractivity contribution in [2.45, 2.75) is 40.5 Å². The molecule has 0 saturated heterocycles. The summed E-state index contributed by atoms with van der Waals surface area (Å²) in [6, 6.07) is 5.74. The van der Waals surface area contributed by atoms with Crippen LogP contribution in [0.5, 0.6) is 0 Å². The SMILES string of the molecule is CC(C)Cc1ccc(C(=O)O)c(CC(C)C)c1.[Ca+2].[H-].[H-]. The molecule has 0 aliphatic carbocycles. The quantitative estimate of drug-likeness (QED) is 0.834. The summed E-state index contributed by atoms with van der Waals surface area (Å²) in [6.07, 6.45) is 1.83. The molecule has 0 spiro atoms. The van der Waals surface area contributed by atoms with Gasteiger partial charge < -0.3 is 7.96 Å². The summed E-state index contributed by atoms with van der Waals surface area (Å²) in [5.74, 6) is 0.247. The molecular formula is C15H24CaO2. The Bertz CT molecular complexity index is 407. The number of hydrogen-bond donors (Lipinski definition) is 1. The van der Waals surface area contributed by atoms with Crippen LogP contribution >= 0.6 is 0 Å². The number of carboxylic acid groups (broad SMARTS) is 1. The number of benzene rings is 1. The van der Waals surface area contributed by atoms with E-state index < -0.39 is 5.97 Å². The van der Waals surface area contributed by atoms with Crippen LogP contribution in [0, 0.1) is 11.8 Å². The third-order valence-corrected chi connectivity index (χ3v) is 2.67. The Morgan fingerprint density at radius 1 is 1.17 bits per heavy atom. The summed E-state index contributed by atoms with van der Waals surface area (Å²) in [7, 11) is 0. The molecule has 1 aromatic carbocycles. The molecule has 3 heteroatoms.